The third-order valence-electron chi connectivity index (χ3n) is 4.05. The van der Waals surface area contributed by atoms with Gasteiger partial charge in [0.1, 0.15) is 5.82 Å². The van der Waals surface area contributed by atoms with Gasteiger partial charge >= 0.3 is 0 Å². The number of aromatic amines is 1. The number of allylic oxidation sites excluding steroid dienone is 1. The smallest absolute Gasteiger partial charge is 0.234 e. The molecule has 2 aromatic rings. The van der Waals surface area contributed by atoms with Gasteiger partial charge in [0, 0.05) is 5.70 Å². The number of fused-ring (bicyclic) bond motifs is 1. The Morgan fingerprint density at radius 3 is 2.76 bits per heavy atom. The van der Waals surface area contributed by atoms with E-state index in [0.717, 1.165) is 35.4 Å². The summed E-state index contributed by atoms with van der Waals surface area (Å²) in [5.41, 5.74) is 4.05. The van der Waals surface area contributed by atoms with E-state index in [-0.39, 0.29) is 17.2 Å². The summed E-state index contributed by atoms with van der Waals surface area (Å²) in [4.78, 5) is 20.0. The molecule has 1 aliphatic heterocycles. The summed E-state index contributed by atoms with van der Waals surface area (Å²) in [6.07, 6.45) is 1.57. The molecule has 0 bridgehead atoms. The number of rotatable bonds is 1. The quantitative estimate of drug-likeness (QED) is 0.843. The van der Waals surface area contributed by atoms with Gasteiger partial charge in [-0.1, -0.05) is 33.4 Å². The van der Waals surface area contributed by atoms with Crippen molar-refractivity contribution in [3.63, 3.8) is 0 Å². The molecule has 1 atom stereocenters. The molecule has 0 aliphatic carbocycles. The van der Waals surface area contributed by atoms with Gasteiger partial charge in [-0.15, -0.1) is 0 Å². The van der Waals surface area contributed by atoms with E-state index in [0.29, 0.717) is 0 Å². The van der Waals surface area contributed by atoms with Crippen LogP contribution in [-0.2, 0) is 10.2 Å². The van der Waals surface area contributed by atoms with Crippen LogP contribution < -0.4 is 5.32 Å². The Morgan fingerprint density at radius 1 is 1.33 bits per heavy atom. The van der Waals surface area contributed by atoms with Gasteiger partial charge < -0.3 is 10.3 Å². The lowest BCUT2D eigenvalue weighted by Crippen LogP contribution is -2.33. The number of aromatic nitrogens is 2. The lowest BCUT2D eigenvalue weighted by Gasteiger charge is -2.21. The van der Waals surface area contributed by atoms with E-state index in [1.807, 2.05) is 6.07 Å². The molecule has 21 heavy (non-hydrogen) atoms. The minimum atomic E-state index is -0.207. The Kier molecular flexibility index (Phi) is 3.12. The van der Waals surface area contributed by atoms with Crippen molar-refractivity contribution in [2.45, 2.75) is 44.9 Å². The van der Waals surface area contributed by atoms with Crippen molar-refractivity contribution in [3.05, 3.63) is 41.9 Å². The second-order valence-corrected chi connectivity index (χ2v) is 6.79. The molecule has 1 aromatic heterocycles. The first-order chi connectivity index (χ1) is 9.84. The highest BCUT2D eigenvalue weighted by Crippen LogP contribution is 2.29. The molecule has 2 heterocycles. The summed E-state index contributed by atoms with van der Waals surface area (Å²) < 4.78 is 0. The van der Waals surface area contributed by atoms with Crippen molar-refractivity contribution >= 4 is 16.9 Å². The van der Waals surface area contributed by atoms with E-state index in [2.05, 4.69) is 54.8 Å². The normalized spacial score (nSPS) is 19.9. The molecule has 1 aromatic carbocycles. The van der Waals surface area contributed by atoms with Crippen molar-refractivity contribution in [1.82, 2.24) is 15.3 Å². The summed E-state index contributed by atoms with van der Waals surface area (Å²) in [7, 11) is 0. The number of hydrogen-bond acceptors (Lipinski definition) is 2. The summed E-state index contributed by atoms with van der Waals surface area (Å²) in [6, 6.07) is 6.26. The van der Waals surface area contributed by atoms with Crippen LogP contribution in [0.4, 0.5) is 0 Å². The lowest BCUT2D eigenvalue weighted by atomic mass is 9.87. The fourth-order valence-electron chi connectivity index (χ4n) is 2.70. The first kappa shape index (κ1) is 13.9. The van der Waals surface area contributed by atoms with Gasteiger partial charge in [-0.2, -0.15) is 0 Å². The SMILES string of the molecule is C=C1CCC(c2nc3ccc(C(C)(C)C)cc3[nH]2)C(=O)N1. The second-order valence-electron chi connectivity index (χ2n) is 6.79. The van der Waals surface area contributed by atoms with Crippen LogP contribution in [0.1, 0.15) is 50.9 Å². The molecule has 1 amide bonds. The molecule has 0 spiro atoms. The van der Waals surface area contributed by atoms with Crippen molar-refractivity contribution in [3.8, 4) is 0 Å². The summed E-state index contributed by atoms with van der Waals surface area (Å²) >= 11 is 0. The third kappa shape index (κ3) is 2.58. The van der Waals surface area contributed by atoms with Crippen molar-refractivity contribution < 1.29 is 4.79 Å². The monoisotopic (exact) mass is 283 g/mol. The number of carbonyl (C=O) groups excluding carboxylic acids is 1. The highest BCUT2D eigenvalue weighted by molar-refractivity contribution is 5.86. The molecule has 1 unspecified atom stereocenters. The standard InChI is InChI=1S/C17H21N3O/c1-10-5-7-12(16(21)18-10)15-19-13-8-6-11(17(2,3)4)9-14(13)20-15/h6,8-9,12H,1,5,7H2,2-4H3,(H,18,21)(H,19,20). The van der Waals surface area contributed by atoms with Crippen LogP contribution in [0, 0.1) is 0 Å². The average Bonchev–Trinajstić information content (AvgIpc) is 2.79. The Labute approximate surface area is 124 Å². The van der Waals surface area contributed by atoms with Gasteiger partial charge in [0.25, 0.3) is 0 Å². The molecular formula is C17H21N3O. The molecule has 0 radical (unpaired) electrons. The maximum absolute atomic E-state index is 12.1. The molecule has 0 saturated carbocycles. The number of hydrogen-bond donors (Lipinski definition) is 2. The molecule has 4 heteroatoms. The van der Waals surface area contributed by atoms with E-state index >= 15 is 0 Å². The Hall–Kier alpha value is -2.10. The van der Waals surface area contributed by atoms with E-state index in [9.17, 15) is 4.79 Å². The minimum absolute atomic E-state index is 0.0126. The second kappa shape index (κ2) is 4.72. The van der Waals surface area contributed by atoms with Gasteiger partial charge in [-0.25, -0.2) is 4.98 Å². The predicted octanol–water partition coefficient (Wildman–Crippen LogP) is 3.37. The van der Waals surface area contributed by atoms with Crippen molar-refractivity contribution in [1.29, 1.82) is 0 Å². The van der Waals surface area contributed by atoms with Crippen molar-refractivity contribution in [2.24, 2.45) is 0 Å². The van der Waals surface area contributed by atoms with E-state index < -0.39 is 0 Å². The number of carbonyl (C=O) groups is 1. The van der Waals surface area contributed by atoms with E-state index in [1.54, 1.807) is 0 Å². The van der Waals surface area contributed by atoms with Crippen LogP contribution in [0.2, 0.25) is 0 Å². The maximum Gasteiger partial charge on any atom is 0.234 e. The van der Waals surface area contributed by atoms with Gasteiger partial charge in [-0.05, 0) is 36.0 Å². The lowest BCUT2D eigenvalue weighted by molar-refractivity contribution is -0.123. The zero-order valence-electron chi connectivity index (χ0n) is 12.8. The van der Waals surface area contributed by atoms with Crippen LogP contribution >= 0.6 is 0 Å². The number of piperidine rings is 1. The first-order valence-electron chi connectivity index (χ1n) is 7.33. The molecule has 1 saturated heterocycles. The molecule has 1 fully saturated rings. The number of amides is 1. The van der Waals surface area contributed by atoms with Crippen LogP contribution in [0.15, 0.2) is 30.5 Å². The van der Waals surface area contributed by atoms with Gasteiger partial charge in [0.15, 0.2) is 0 Å². The number of nitrogens with zero attached hydrogens (tertiary/aromatic N) is 1. The van der Waals surface area contributed by atoms with Crippen molar-refractivity contribution in [2.75, 3.05) is 0 Å². The molecule has 110 valence electrons. The molecule has 1 aliphatic rings. The zero-order valence-corrected chi connectivity index (χ0v) is 12.8. The maximum atomic E-state index is 12.1. The fraction of sp³-hybridized carbons (Fsp3) is 0.412. The van der Waals surface area contributed by atoms with Gasteiger partial charge in [0.2, 0.25) is 5.91 Å². The summed E-state index contributed by atoms with van der Waals surface area (Å²) in [5, 5.41) is 2.81. The third-order valence-corrected chi connectivity index (χ3v) is 4.05. The summed E-state index contributed by atoms with van der Waals surface area (Å²) in [5.74, 6) is 0.531. The average molecular weight is 283 g/mol. The number of nitrogens with one attached hydrogen (secondary N) is 2. The number of H-pyrrole nitrogens is 1. The highest BCUT2D eigenvalue weighted by Gasteiger charge is 2.28. The number of imidazole rings is 1. The molecular weight excluding hydrogens is 262 g/mol. The minimum Gasteiger partial charge on any atom is -0.341 e. The zero-order chi connectivity index (χ0) is 15.2. The van der Waals surface area contributed by atoms with Crippen LogP contribution in [0.5, 0.6) is 0 Å². The topological polar surface area (TPSA) is 57.8 Å². The van der Waals surface area contributed by atoms with Crippen LogP contribution in [0.25, 0.3) is 11.0 Å². The van der Waals surface area contributed by atoms with Crippen LogP contribution in [-0.4, -0.2) is 15.9 Å². The van der Waals surface area contributed by atoms with Gasteiger partial charge in [0.05, 0.1) is 17.0 Å². The highest BCUT2D eigenvalue weighted by atomic mass is 16.2. The molecule has 4 nitrogen and oxygen atoms in total. The predicted molar refractivity (Wildman–Crippen MR) is 84.1 cm³/mol. The van der Waals surface area contributed by atoms with E-state index in [1.165, 1.54) is 5.56 Å². The van der Waals surface area contributed by atoms with Crippen LogP contribution in [0.3, 0.4) is 0 Å². The fourth-order valence-corrected chi connectivity index (χ4v) is 2.70. The largest absolute Gasteiger partial charge is 0.341 e. The molecule has 3 rings (SSSR count). The Bertz CT molecular complexity index is 721. The molecule has 2 N–H and O–H groups in total. The first-order valence-corrected chi connectivity index (χ1v) is 7.33. The van der Waals surface area contributed by atoms with E-state index in [4.69, 9.17) is 0 Å². The summed E-state index contributed by atoms with van der Waals surface area (Å²) in [6.45, 7) is 10.4. The Morgan fingerprint density at radius 2 is 2.10 bits per heavy atom. The van der Waals surface area contributed by atoms with Gasteiger partial charge in [-0.3, -0.25) is 4.79 Å². The number of benzene rings is 1. The Balaban J connectivity index is 1.98.